The molecule has 2 N–H and O–H groups in total. The molecule has 0 fully saturated rings. The molecule has 0 atom stereocenters. The molecule has 116 valence electrons. The van der Waals surface area contributed by atoms with Crippen LogP contribution in [0.2, 0.25) is 5.28 Å². The molecule has 0 aliphatic heterocycles. The predicted molar refractivity (Wildman–Crippen MR) is 74.9 cm³/mol. The summed E-state index contributed by atoms with van der Waals surface area (Å²) in [5.74, 6) is -1.10. The predicted octanol–water partition coefficient (Wildman–Crippen LogP) is 2.40. The van der Waals surface area contributed by atoms with Gasteiger partial charge in [-0.3, -0.25) is 15.5 Å². The summed E-state index contributed by atoms with van der Waals surface area (Å²) in [5.41, 5.74) is 3.85. The molecule has 1 heterocycles. The van der Waals surface area contributed by atoms with Gasteiger partial charge in [0.25, 0.3) is 0 Å². The van der Waals surface area contributed by atoms with E-state index in [-0.39, 0.29) is 28.6 Å². The number of fused-ring (bicyclic) bond motifs is 1. The molecule has 1 amide bonds. The lowest BCUT2D eigenvalue weighted by atomic mass is 10.2. The minimum absolute atomic E-state index is 0.0307. The van der Waals surface area contributed by atoms with Gasteiger partial charge in [-0.1, -0.05) is 0 Å². The van der Waals surface area contributed by atoms with E-state index in [0.29, 0.717) is 0 Å². The standard InChI is InChI=1S/C11H9ClFN5O4/c1-2-22-11(19)17-16-9-5-3-6(13)8(18(20)21)4-7(5)14-10(12)15-9/h3-4H,2H2,1H3,(H,17,19)(H,14,15,16). The number of hydrazine groups is 1. The Bertz CT molecular complexity index is 757. The lowest BCUT2D eigenvalue weighted by Gasteiger charge is -2.10. The van der Waals surface area contributed by atoms with Gasteiger partial charge in [-0.15, -0.1) is 0 Å². The minimum atomic E-state index is -1.07. The Hall–Kier alpha value is -2.75. The Morgan fingerprint density at radius 2 is 2.23 bits per heavy atom. The van der Waals surface area contributed by atoms with Crippen LogP contribution < -0.4 is 10.9 Å². The fourth-order valence-electron chi connectivity index (χ4n) is 1.62. The van der Waals surface area contributed by atoms with Crippen molar-refractivity contribution in [1.82, 2.24) is 15.4 Å². The van der Waals surface area contributed by atoms with Gasteiger partial charge in [0, 0.05) is 11.5 Å². The van der Waals surface area contributed by atoms with Crippen molar-refractivity contribution in [3.63, 3.8) is 0 Å². The van der Waals surface area contributed by atoms with Gasteiger partial charge in [0.1, 0.15) is 0 Å². The minimum Gasteiger partial charge on any atom is -0.449 e. The molecule has 1 aromatic heterocycles. The third kappa shape index (κ3) is 3.28. The lowest BCUT2D eigenvalue weighted by Crippen LogP contribution is -2.30. The number of amides is 1. The molecule has 0 radical (unpaired) electrons. The number of nitrogens with one attached hydrogen (secondary N) is 2. The summed E-state index contributed by atoms with van der Waals surface area (Å²) >= 11 is 5.70. The van der Waals surface area contributed by atoms with Crippen LogP contribution in [0.25, 0.3) is 10.9 Å². The second-order valence-corrected chi connectivity index (χ2v) is 4.23. The van der Waals surface area contributed by atoms with Crippen LogP contribution in [0.4, 0.5) is 20.7 Å². The second-order valence-electron chi connectivity index (χ2n) is 3.89. The Morgan fingerprint density at radius 3 is 2.86 bits per heavy atom. The summed E-state index contributed by atoms with van der Waals surface area (Å²) in [7, 11) is 0. The zero-order chi connectivity index (χ0) is 16.3. The zero-order valence-corrected chi connectivity index (χ0v) is 11.8. The summed E-state index contributed by atoms with van der Waals surface area (Å²) in [4.78, 5) is 28.6. The number of nitro benzene ring substituents is 1. The third-order valence-electron chi connectivity index (χ3n) is 2.49. The van der Waals surface area contributed by atoms with Gasteiger partial charge in [-0.2, -0.15) is 9.37 Å². The van der Waals surface area contributed by atoms with Gasteiger partial charge >= 0.3 is 11.8 Å². The molecule has 2 rings (SSSR count). The number of carbonyl (C=O) groups is 1. The Balaban J connectivity index is 2.43. The molecule has 9 nitrogen and oxygen atoms in total. The summed E-state index contributed by atoms with van der Waals surface area (Å²) in [5, 5.41) is 10.6. The summed E-state index contributed by atoms with van der Waals surface area (Å²) in [6.07, 6.45) is -0.784. The van der Waals surface area contributed by atoms with Crippen molar-refractivity contribution < 1.29 is 18.8 Å². The van der Waals surface area contributed by atoms with Crippen molar-refractivity contribution in [2.24, 2.45) is 0 Å². The first kappa shape index (κ1) is 15.6. The number of anilines is 1. The SMILES string of the molecule is CCOC(=O)NNc1nc(Cl)nc2cc([N+](=O)[O-])c(F)cc12. The molecular formula is C11H9ClFN5O4. The normalized spacial score (nSPS) is 10.3. The summed E-state index contributed by atoms with van der Waals surface area (Å²) in [6, 6.07) is 1.80. The topological polar surface area (TPSA) is 119 Å². The highest BCUT2D eigenvalue weighted by Crippen LogP contribution is 2.28. The first-order valence-corrected chi connectivity index (χ1v) is 6.30. The molecule has 0 aliphatic rings. The fourth-order valence-corrected chi connectivity index (χ4v) is 1.80. The number of hydrogen-bond donors (Lipinski definition) is 2. The quantitative estimate of drug-likeness (QED) is 0.502. The van der Waals surface area contributed by atoms with Crippen molar-refractivity contribution in [3.05, 3.63) is 33.3 Å². The van der Waals surface area contributed by atoms with E-state index in [1.807, 2.05) is 0 Å². The van der Waals surface area contributed by atoms with Gasteiger partial charge in [0.05, 0.1) is 17.0 Å². The average molecular weight is 330 g/mol. The highest BCUT2D eigenvalue weighted by molar-refractivity contribution is 6.28. The van der Waals surface area contributed by atoms with Crippen LogP contribution in [0.1, 0.15) is 6.92 Å². The first-order valence-electron chi connectivity index (χ1n) is 5.92. The van der Waals surface area contributed by atoms with Crippen LogP contribution >= 0.6 is 11.6 Å². The van der Waals surface area contributed by atoms with Crippen LogP contribution in [0, 0.1) is 15.9 Å². The smallest absolute Gasteiger partial charge is 0.425 e. The van der Waals surface area contributed by atoms with E-state index in [4.69, 9.17) is 11.6 Å². The maximum Gasteiger partial charge on any atom is 0.425 e. The maximum absolute atomic E-state index is 13.7. The van der Waals surface area contributed by atoms with Gasteiger partial charge in [-0.05, 0) is 24.6 Å². The highest BCUT2D eigenvalue weighted by Gasteiger charge is 2.18. The largest absolute Gasteiger partial charge is 0.449 e. The Kier molecular flexibility index (Phi) is 4.51. The van der Waals surface area contributed by atoms with Gasteiger partial charge in [-0.25, -0.2) is 15.2 Å². The maximum atomic E-state index is 13.7. The zero-order valence-electron chi connectivity index (χ0n) is 11.1. The number of ether oxygens (including phenoxy) is 1. The van der Waals surface area contributed by atoms with Crippen molar-refractivity contribution in [1.29, 1.82) is 0 Å². The van der Waals surface area contributed by atoms with Crippen LogP contribution in [0.15, 0.2) is 12.1 Å². The van der Waals surface area contributed by atoms with E-state index >= 15 is 0 Å². The molecule has 0 bridgehead atoms. The molecule has 0 spiro atoms. The summed E-state index contributed by atoms with van der Waals surface area (Å²) < 4.78 is 18.3. The fraction of sp³-hybridized carbons (Fsp3) is 0.182. The Morgan fingerprint density at radius 1 is 1.50 bits per heavy atom. The first-order chi connectivity index (χ1) is 10.4. The second kappa shape index (κ2) is 6.35. The molecule has 1 aromatic carbocycles. The molecule has 0 aliphatic carbocycles. The van der Waals surface area contributed by atoms with E-state index in [2.05, 4.69) is 25.6 Å². The van der Waals surface area contributed by atoms with Crippen LogP contribution in [-0.2, 0) is 4.74 Å². The molecule has 0 saturated heterocycles. The molecule has 0 unspecified atom stereocenters. The molecule has 2 aromatic rings. The average Bonchev–Trinajstić information content (AvgIpc) is 2.44. The van der Waals surface area contributed by atoms with E-state index in [0.717, 1.165) is 12.1 Å². The van der Waals surface area contributed by atoms with Gasteiger partial charge in [0.2, 0.25) is 11.1 Å². The van der Waals surface area contributed by atoms with Crippen molar-refractivity contribution >= 4 is 40.1 Å². The van der Waals surface area contributed by atoms with Crippen molar-refractivity contribution in [3.8, 4) is 0 Å². The monoisotopic (exact) mass is 329 g/mol. The molecule has 11 heteroatoms. The van der Waals surface area contributed by atoms with E-state index < -0.39 is 22.5 Å². The number of rotatable bonds is 4. The van der Waals surface area contributed by atoms with E-state index in [1.165, 1.54) is 0 Å². The van der Waals surface area contributed by atoms with Crippen LogP contribution in [-0.4, -0.2) is 27.6 Å². The molecule has 0 saturated carbocycles. The van der Waals surface area contributed by atoms with Gasteiger partial charge < -0.3 is 4.74 Å². The van der Waals surface area contributed by atoms with Crippen molar-refractivity contribution in [2.45, 2.75) is 6.92 Å². The number of nitro groups is 1. The molecule has 22 heavy (non-hydrogen) atoms. The number of carbonyl (C=O) groups excluding carboxylic acids is 1. The van der Waals surface area contributed by atoms with E-state index in [1.54, 1.807) is 6.92 Å². The Labute approximate surface area is 127 Å². The van der Waals surface area contributed by atoms with Crippen LogP contribution in [0.3, 0.4) is 0 Å². The van der Waals surface area contributed by atoms with E-state index in [9.17, 15) is 19.3 Å². The van der Waals surface area contributed by atoms with Gasteiger partial charge in [0.15, 0.2) is 5.82 Å². The number of benzene rings is 1. The summed E-state index contributed by atoms with van der Waals surface area (Å²) in [6.45, 7) is 1.77. The molecular weight excluding hydrogens is 321 g/mol. The highest BCUT2D eigenvalue weighted by atomic mass is 35.5. The third-order valence-corrected chi connectivity index (χ3v) is 2.66. The number of aromatic nitrogens is 2. The number of nitrogens with zero attached hydrogens (tertiary/aromatic N) is 3. The lowest BCUT2D eigenvalue weighted by molar-refractivity contribution is -0.387. The van der Waals surface area contributed by atoms with Crippen LogP contribution in [0.5, 0.6) is 0 Å². The number of halogens is 2. The number of hydrogen-bond acceptors (Lipinski definition) is 7. The van der Waals surface area contributed by atoms with Crippen molar-refractivity contribution in [2.75, 3.05) is 12.0 Å².